The van der Waals surface area contributed by atoms with Crippen LogP contribution in [0, 0.1) is 11.8 Å². The molecule has 1 heterocycles. The monoisotopic (exact) mass is 386 g/mol. The Morgan fingerprint density at radius 3 is 2.46 bits per heavy atom. The summed E-state index contributed by atoms with van der Waals surface area (Å²) < 4.78 is 0. The SMILES string of the molecule is CCC(C)CCCN1CCC(NC(=O)C(O)(c2ccccc2)C2CCC2)CC1. The Hall–Kier alpha value is -1.39. The number of nitrogens with zero attached hydrogens (tertiary/aromatic N) is 1. The molecule has 3 rings (SSSR count). The maximum absolute atomic E-state index is 13.2. The fourth-order valence-corrected chi connectivity index (χ4v) is 4.53. The normalized spacial score (nSPS) is 22.2. The number of hydrogen-bond donors (Lipinski definition) is 2. The Morgan fingerprint density at radius 1 is 1.21 bits per heavy atom. The van der Waals surface area contributed by atoms with Crippen molar-refractivity contribution in [1.82, 2.24) is 10.2 Å². The molecule has 0 bridgehead atoms. The maximum atomic E-state index is 13.2. The lowest BCUT2D eigenvalue weighted by Gasteiger charge is -2.42. The molecule has 2 N–H and O–H groups in total. The van der Waals surface area contributed by atoms with E-state index in [1.165, 1.54) is 25.8 Å². The number of benzene rings is 1. The molecule has 156 valence electrons. The molecule has 1 aromatic carbocycles. The summed E-state index contributed by atoms with van der Waals surface area (Å²) in [5.41, 5.74) is -0.646. The van der Waals surface area contributed by atoms with Crippen molar-refractivity contribution in [3.8, 4) is 0 Å². The van der Waals surface area contributed by atoms with Crippen LogP contribution in [0.1, 0.15) is 70.8 Å². The second kappa shape index (κ2) is 9.89. The summed E-state index contributed by atoms with van der Waals surface area (Å²) in [6, 6.07) is 9.69. The van der Waals surface area contributed by atoms with Gasteiger partial charge in [0.05, 0.1) is 0 Å². The molecule has 2 aliphatic rings. The summed E-state index contributed by atoms with van der Waals surface area (Å²) in [5.74, 6) is 0.660. The van der Waals surface area contributed by atoms with Crippen LogP contribution in [0.15, 0.2) is 30.3 Å². The van der Waals surface area contributed by atoms with Gasteiger partial charge in [-0.1, -0.05) is 57.0 Å². The molecule has 1 aliphatic carbocycles. The van der Waals surface area contributed by atoms with Gasteiger partial charge in [-0.15, -0.1) is 0 Å². The van der Waals surface area contributed by atoms with Crippen molar-refractivity contribution in [2.24, 2.45) is 11.8 Å². The molecule has 28 heavy (non-hydrogen) atoms. The molecular formula is C24H38N2O2. The Morgan fingerprint density at radius 2 is 1.89 bits per heavy atom. The summed E-state index contributed by atoms with van der Waals surface area (Å²) in [5, 5.41) is 14.6. The van der Waals surface area contributed by atoms with Gasteiger partial charge in [0.1, 0.15) is 0 Å². The maximum Gasteiger partial charge on any atom is 0.257 e. The second-order valence-corrected chi connectivity index (χ2v) is 9.01. The van der Waals surface area contributed by atoms with Crippen LogP contribution in [0.5, 0.6) is 0 Å². The lowest BCUT2D eigenvalue weighted by molar-refractivity contribution is -0.153. The lowest BCUT2D eigenvalue weighted by Crippen LogP contribution is -2.55. The van der Waals surface area contributed by atoms with Crippen molar-refractivity contribution in [3.05, 3.63) is 35.9 Å². The van der Waals surface area contributed by atoms with Gasteiger partial charge in [0, 0.05) is 25.0 Å². The highest BCUT2D eigenvalue weighted by molar-refractivity contribution is 5.87. The standard InChI is InChI=1S/C24H38N2O2/c1-3-19(2)9-8-16-26-17-14-22(15-18-26)25-23(27)24(28,21-12-7-13-21)20-10-5-4-6-11-20/h4-6,10-11,19,21-22,28H,3,7-9,12-18H2,1-2H3,(H,25,27). The lowest BCUT2D eigenvalue weighted by atomic mass is 9.69. The first-order chi connectivity index (χ1) is 13.5. The molecule has 2 atom stereocenters. The van der Waals surface area contributed by atoms with Crippen LogP contribution in [-0.4, -0.2) is 41.6 Å². The number of hydrogen-bond acceptors (Lipinski definition) is 3. The zero-order valence-corrected chi connectivity index (χ0v) is 17.7. The van der Waals surface area contributed by atoms with E-state index in [1.807, 2.05) is 30.3 Å². The Labute approximate surface area is 170 Å². The molecule has 1 aromatic rings. The highest BCUT2D eigenvalue weighted by Crippen LogP contribution is 2.42. The molecule has 0 spiro atoms. The van der Waals surface area contributed by atoms with Crippen LogP contribution in [0.4, 0.5) is 0 Å². The van der Waals surface area contributed by atoms with Crippen LogP contribution < -0.4 is 5.32 Å². The quantitative estimate of drug-likeness (QED) is 0.672. The third-order valence-corrected chi connectivity index (χ3v) is 7.05. The van der Waals surface area contributed by atoms with Crippen LogP contribution in [-0.2, 0) is 10.4 Å². The third kappa shape index (κ3) is 4.96. The van der Waals surface area contributed by atoms with Gasteiger partial charge in [-0.25, -0.2) is 0 Å². The molecule has 0 aromatic heterocycles. The largest absolute Gasteiger partial charge is 0.375 e. The third-order valence-electron chi connectivity index (χ3n) is 7.05. The summed E-state index contributed by atoms with van der Waals surface area (Å²) in [7, 11) is 0. The number of carbonyl (C=O) groups excluding carboxylic acids is 1. The smallest absolute Gasteiger partial charge is 0.257 e. The first-order valence-corrected chi connectivity index (χ1v) is 11.3. The molecule has 1 amide bonds. The van der Waals surface area contributed by atoms with E-state index in [2.05, 4.69) is 24.1 Å². The van der Waals surface area contributed by atoms with Gasteiger partial charge in [0.25, 0.3) is 5.91 Å². The van der Waals surface area contributed by atoms with Gasteiger partial charge < -0.3 is 15.3 Å². The van der Waals surface area contributed by atoms with E-state index in [0.29, 0.717) is 0 Å². The van der Waals surface area contributed by atoms with Crippen molar-refractivity contribution >= 4 is 5.91 Å². The topological polar surface area (TPSA) is 52.6 Å². The van der Waals surface area contributed by atoms with Gasteiger partial charge in [-0.2, -0.15) is 0 Å². The van der Waals surface area contributed by atoms with Crippen molar-refractivity contribution in [1.29, 1.82) is 0 Å². The molecule has 4 nitrogen and oxygen atoms in total. The number of likely N-dealkylation sites (tertiary alicyclic amines) is 1. The second-order valence-electron chi connectivity index (χ2n) is 9.01. The number of aliphatic hydroxyl groups is 1. The molecule has 2 fully saturated rings. The minimum absolute atomic E-state index is 0.0375. The Balaban J connectivity index is 1.51. The van der Waals surface area contributed by atoms with E-state index in [9.17, 15) is 9.90 Å². The summed E-state index contributed by atoms with van der Waals surface area (Å²) in [4.78, 5) is 15.7. The highest BCUT2D eigenvalue weighted by Gasteiger charge is 2.48. The van der Waals surface area contributed by atoms with Gasteiger partial charge in [-0.3, -0.25) is 4.79 Å². The van der Waals surface area contributed by atoms with Gasteiger partial charge in [0.15, 0.2) is 5.60 Å². The number of carbonyl (C=O) groups is 1. The minimum atomic E-state index is -1.38. The van der Waals surface area contributed by atoms with Gasteiger partial charge in [0.2, 0.25) is 0 Å². The number of nitrogens with one attached hydrogen (secondary N) is 1. The van der Waals surface area contributed by atoms with Crippen LogP contribution >= 0.6 is 0 Å². The Bertz CT molecular complexity index is 608. The Kier molecular flexibility index (Phi) is 7.53. The number of rotatable bonds is 9. The molecule has 1 aliphatic heterocycles. The average molecular weight is 387 g/mol. The molecular weight excluding hydrogens is 348 g/mol. The fraction of sp³-hybridized carbons (Fsp3) is 0.708. The van der Waals surface area contributed by atoms with Crippen LogP contribution in [0.25, 0.3) is 0 Å². The predicted molar refractivity (Wildman–Crippen MR) is 114 cm³/mol. The van der Waals surface area contributed by atoms with E-state index in [1.54, 1.807) is 0 Å². The van der Waals surface area contributed by atoms with E-state index in [0.717, 1.165) is 56.7 Å². The molecule has 4 heteroatoms. The average Bonchev–Trinajstić information content (AvgIpc) is 2.68. The molecule has 2 unspecified atom stereocenters. The predicted octanol–water partition coefficient (Wildman–Crippen LogP) is 4.08. The van der Waals surface area contributed by atoms with Gasteiger partial charge >= 0.3 is 0 Å². The van der Waals surface area contributed by atoms with Crippen molar-refractivity contribution in [2.75, 3.05) is 19.6 Å². The zero-order chi connectivity index (χ0) is 20.0. The van der Waals surface area contributed by atoms with Crippen molar-refractivity contribution in [3.63, 3.8) is 0 Å². The van der Waals surface area contributed by atoms with Crippen LogP contribution in [0.2, 0.25) is 0 Å². The minimum Gasteiger partial charge on any atom is -0.375 e. The first kappa shape index (κ1) is 21.3. The van der Waals surface area contributed by atoms with E-state index >= 15 is 0 Å². The van der Waals surface area contributed by atoms with Crippen molar-refractivity contribution < 1.29 is 9.90 Å². The van der Waals surface area contributed by atoms with Crippen LogP contribution in [0.3, 0.4) is 0 Å². The zero-order valence-electron chi connectivity index (χ0n) is 17.7. The van der Waals surface area contributed by atoms with Gasteiger partial charge in [-0.05, 0) is 56.6 Å². The molecule has 0 radical (unpaired) electrons. The van der Waals surface area contributed by atoms with Crippen molar-refractivity contribution in [2.45, 2.75) is 76.9 Å². The summed E-state index contributed by atoms with van der Waals surface area (Å²) >= 11 is 0. The number of amides is 1. The molecule has 1 saturated carbocycles. The van der Waals surface area contributed by atoms with E-state index in [-0.39, 0.29) is 17.9 Å². The van der Waals surface area contributed by atoms with E-state index < -0.39 is 5.60 Å². The molecule has 1 saturated heterocycles. The summed E-state index contributed by atoms with van der Waals surface area (Å²) in [6.07, 6.45) is 8.73. The fourth-order valence-electron chi connectivity index (χ4n) is 4.53. The first-order valence-electron chi connectivity index (χ1n) is 11.3. The van der Waals surface area contributed by atoms with E-state index in [4.69, 9.17) is 0 Å². The highest BCUT2D eigenvalue weighted by atomic mass is 16.3. The number of piperidine rings is 1. The summed E-state index contributed by atoms with van der Waals surface area (Å²) in [6.45, 7) is 7.84.